The van der Waals surface area contributed by atoms with Crippen molar-refractivity contribution >= 4 is 5.91 Å². The first-order valence-corrected chi connectivity index (χ1v) is 6.85. The number of nitrogens with zero attached hydrogens (tertiary/aromatic N) is 2. The molecule has 1 saturated carbocycles. The number of hydrogen-bond donors (Lipinski definition) is 2. The number of aryl methyl sites for hydroxylation is 1. The highest BCUT2D eigenvalue weighted by molar-refractivity contribution is 5.89. The molecule has 3 N–H and O–H groups in total. The third-order valence-corrected chi connectivity index (χ3v) is 4.81. The lowest BCUT2D eigenvalue weighted by atomic mass is 9.48. The Hall–Kier alpha value is -1.47. The third kappa shape index (κ3) is 1.63. The Morgan fingerprint density at radius 2 is 2.30 bits per heavy atom. The van der Waals surface area contributed by atoms with E-state index in [-0.39, 0.29) is 29.9 Å². The topological polar surface area (TPSA) is 103 Å². The van der Waals surface area contributed by atoms with Gasteiger partial charge in [0.1, 0.15) is 5.54 Å². The Bertz CT molecular complexity index is 541. The molecular weight excluding hydrogens is 260 g/mol. The van der Waals surface area contributed by atoms with Crippen molar-refractivity contribution in [2.24, 2.45) is 17.1 Å². The van der Waals surface area contributed by atoms with Gasteiger partial charge in [0, 0.05) is 24.9 Å². The summed E-state index contributed by atoms with van der Waals surface area (Å²) in [5.74, 6) is 0.849. The summed E-state index contributed by atoms with van der Waals surface area (Å²) in [6.45, 7) is 6.58. The van der Waals surface area contributed by atoms with Gasteiger partial charge in [-0.25, -0.2) is 0 Å². The van der Waals surface area contributed by atoms with Gasteiger partial charge in [0.2, 0.25) is 11.8 Å². The molecule has 1 aliphatic heterocycles. The smallest absolute Gasteiger partial charge is 0.241 e. The predicted octanol–water partition coefficient (Wildman–Crippen LogP) is 0.137. The van der Waals surface area contributed by atoms with Crippen molar-refractivity contribution in [1.82, 2.24) is 15.5 Å². The minimum absolute atomic E-state index is 0.0747. The molecule has 0 radical (unpaired) electrons. The Kier molecular flexibility index (Phi) is 2.88. The molecule has 2 aliphatic rings. The molecule has 110 valence electrons. The summed E-state index contributed by atoms with van der Waals surface area (Å²) in [7, 11) is 0. The molecule has 1 aliphatic carbocycles. The number of carbonyl (C=O) groups is 1. The maximum absolute atomic E-state index is 12.5. The Morgan fingerprint density at radius 3 is 2.95 bits per heavy atom. The van der Waals surface area contributed by atoms with Crippen LogP contribution in [-0.4, -0.2) is 34.3 Å². The fourth-order valence-corrected chi connectivity index (χ4v) is 3.56. The minimum atomic E-state index is -0.896. The van der Waals surface area contributed by atoms with Gasteiger partial charge in [-0.1, -0.05) is 19.0 Å². The van der Waals surface area contributed by atoms with Crippen LogP contribution in [0.1, 0.15) is 32.0 Å². The van der Waals surface area contributed by atoms with E-state index in [0.717, 1.165) is 6.42 Å². The maximum Gasteiger partial charge on any atom is 0.241 e. The van der Waals surface area contributed by atoms with E-state index >= 15 is 0 Å². The van der Waals surface area contributed by atoms with E-state index in [0.29, 0.717) is 18.3 Å². The molecule has 0 spiro atoms. The number of aromatic nitrogens is 2. The van der Waals surface area contributed by atoms with Gasteiger partial charge in [-0.05, 0) is 6.42 Å². The lowest BCUT2D eigenvalue weighted by Crippen LogP contribution is -2.80. The summed E-state index contributed by atoms with van der Waals surface area (Å²) in [5, 5.41) is 6.57. The summed E-state index contributed by atoms with van der Waals surface area (Å²) >= 11 is 0. The molecule has 7 nitrogen and oxygen atoms in total. The minimum Gasteiger partial charge on any atom is -0.377 e. The highest BCUT2D eigenvalue weighted by atomic mass is 16.5. The number of amides is 1. The first-order valence-electron chi connectivity index (χ1n) is 6.85. The quantitative estimate of drug-likeness (QED) is 0.816. The van der Waals surface area contributed by atoms with Crippen LogP contribution < -0.4 is 11.1 Å². The normalized spacial score (nSPS) is 34.4. The van der Waals surface area contributed by atoms with Crippen LogP contribution in [0.25, 0.3) is 0 Å². The van der Waals surface area contributed by atoms with Gasteiger partial charge in [-0.3, -0.25) is 4.79 Å². The molecule has 3 atom stereocenters. The van der Waals surface area contributed by atoms with Gasteiger partial charge in [-0.15, -0.1) is 0 Å². The summed E-state index contributed by atoms with van der Waals surface area (Å²) < 4.78 is 10.5. The van der Waals surface area contributed by atoms with E-state index in [9.17, 15) is 4.79 Å². The third-order valence-electron chi connectivity index (χ3n) is 4.81. The van der Waals surface area contributed by atoms with E-state index in [2.05, 4.69) is 15.5 Å². The van der Waals surface area contributed by atoms with Crippen molar-refractivity contribution in [2.45, 2.75) is 45.4 Å². The molecule has 3 unspecified atom stereocenters. The van der Waals surface area contributed by atoms with E-state index < -0.39 is 5.54 Å². The molecule has 0 bridgehead atoms. The van der Waals surface area contributed by atoms with E-state index in [1.165, 1.54) is 0 Å². The highest BCUT2D eigenvalue weighted by Crippen LogP contribution is 2.58. The fraction of sp³-hybridized carbons (Fsp3) is 0.769. The Labute approximate surface area is 117 Å². The van der Waals surface area contributed by atoms with Crippen molar-refractivity contribution in [3.63, 3.8) is 0 Å². The SMILES string of the molecule is Cc1nc(CNC(=O)C2(N)C3CCOC3C2(C)C)no1. The monoisotopic (exact) mass is 280 g/mol. The number of ether oxygens (including phenoxy) is 1. The van der Waals surface area contributed by atoms with Crippen molar-refractivity contribution < 1.29 is 14.1 Å². The van der Waals surface area contributed by atoms with Gasteiger partial charge in [-0.2, -0.15) is 4.98 Å². The molecule has 20 heavy (non-hydrogen) atoms. The lowest BCUT2D eigenvalue weighted by molar-refractivity contribution is -0.175. The van der Waals surface area contributed by atoms with Crippen molar-refractivity contribution in [3.8, 4) is 0 Å². The summed E-state index contributed by atoms with van der Waals surface area (Å²) in [6, 6.07) is 0. The van der Waals surface area contributed by atoms with Crippen LogP contribution in [0.2, 0.25) is 0 Å². The van der Waals surface area contributed by atoms with Crippen molar-refractivity contribution in [2.75, 3.05) is 6.61 Å². The summed E-state index contributed by atoms with van der Waals surface area (Å²) in [6.07, 6.45) is 0.907. The predicted molar refractivity (Wildman–Crippen MR) is 69.4 cm³/mol. The van der Waals surface area contributed by atoms with Crippen LogP contribution in [0.4, 0.5) is 0 Å². The van der Waals surface area contributed by atoms with E-state index in [1.807, 2.05) is 13.8 Å². The number of nitrogens with two attached hydrogens (primary N) is 1. The second kappa shape index (κ2) is 4.26. The summed E-state index contributed by atoms with van der Waals surface area (Å²) in [4.78, 5) is 16.6. The van der Waals surface area contributed by atoms with Crippen molar-refractivity contribution in [3.05, 3.63) is 11.7 Å². The van der Waals surface area contributed by atoms with E-state index in [4.69, 9.17) is 15.0 Å². The fourth-order valence-electron chi connectivity index (χ4n) is 3.56. The van der Waals surface area contributed by atoms with Gasteiger partial charge in [0.15, 0.2) is 5.82 Å². The molecule has 0 aromatic carbocycles. The van der Waals surface area contributed by atoms with Gasteiger partial charge in [0.25, 0.3) is 0 Å². The Morgan fingerprint density at radius 1 is 1.55 bits per heavy atom. The number of rotatable bonds is 3. The first kappa shape index (κ1) is 13.5. The van der Waals surface area contributed by atoms with Crippen LogP contribution in [0.5, 0.6) is 0 Å². The molecule has 2 heterocycles. The number of hydrogen-bond acceptors (Lipinski definition) is 6. The molecular formula is C13H20N4O3. The number of carbonyl (C=O) groups excluding carboxylic acids is 1. The summed E-state index contributed by atoms with van der Waals surface area (Å²) in [5.41, 5.74) is 5.16. The lowest BCUT2D eigenvalue weighted by Gasteiger charge is -2.60. The second-order valence-corrected chi connectivity index (χ2v) is 6.19. The van der Waals surface area contributed by atoms with Gasteiger partial charge < -0.3 is 20.3 Å². The van der Waals surface area contributed by atoms with Gasteiger partial charge >= 0.3 is 0 Å². The van der Waals surface area contributed by atoms with Crippen molar-refractivity contribution in [1.29, 1.82) is 0 Å². The average Bonchev–Trinajstić information content (AvgIpc) is 3.02. The standard InChI is InChI=1S/C13H20N4O3/c1-7-16-9(17-20-7)6-15-11(18)13(14)8-4-5-19-10(8)12(13,2)3/h8,10H,4-6,14H2,1-3H3,(H,15,18). The molecule has 7 heteroatoms. The van der Waals surface area contributed by atoms with Crippen LogP contribution in [0.3, 0.4) is 0 Å². The zero-order valence-corrected chi connectivity index (χ0v) is 12.0. The number of fused-ring (bicyclic) bond motifs is 1. The second-order valence-electron chi connectivity index (χ2n) is 6.19. The molecule has 1 aromatic heterocycles. The van der Waals surface area contributed by atoms with Crippen LogP contribution >= 0.6 is 0 Å². The van der Waals surface area contributed by atoms with Crippen LogP contribution in [0.15, 0.2) is 4.52 Å². The zero-order chi connectivity index (χ0) is 14.5. The maximum atomic E-state index is 12.5. The first-order chi connectivity index (χ1) is 9.37. The highest BCUT2D eigenvalue weighted by Gasteiger charge is 2.71. The zero-order valence-electron chi connectivity index (χ0n) is 12.0. The van der Waals surface area contributed by atoms with Crippen LogP contribution in [-0.2, 0) is 16.1 Å². The van der Waals surface area contributed by atoms with E-state index in [1.54, 1.807) is 6.92 Å². The number of nitrogens with one attached hydrogen (secondary N) is 1. The van der Waals surface area contributed by atoms with Gasteiger partial charge in [0.05, 0.1) is 12.6 Å². The largest absolute Gasteiger partial charge is 0.377 e. The Balaban J connectivity index is 1.70. The molecule has 3 rings (SSSR count). The molecule has 1 saturated heterocycles. The molecule has 1 amide bonds. The molecule has 1 aromatic rings. The average molecular weight is 280 g/mol. The van der Waals surface area contributed by atoms with Crippen LogP contribution in [0, 0.1) is 18.3 Å². The molecule has 2 fully saturated rings.